The monoisotopic (exact) mass is 295 g/mol. The molecule has 0 atom stereocenters. The molecule has 0 aliphatic heterocycles. The van der Waals surface area contributed by atoms with Crippen molar-refractivity contribution >= 4 is 16.5 Å². The van der Waals surface area contributed by atoms with Crippen molar-refractivity contribution < 1.29 is 0 Å². The van der Waals surface area contributed by atoms with E-state index in [-0.39, 0.29) is 0 Å². The standard InChI is InChI=1S/C16H29N3S/c1-5-10-17-11-15-13(3)18-16(20-15)19(4)14-8-6-12(2)7-9-14/h12,14,17H,5-11H2,1-4H3. The zero-order chi connectivity index (χ0) is 14.5. The lowest BCUT2D eigenvalue weighted by molar-refractivity contribution is 0.340. The second-order valence-electron chi connectivity index (χ2n) is 6.21. The van der Waals surface area contributed by atoms with Gasteiger partial charge in [-0.05, 0) is 51.5 Å². The molecule has 0 aromatic carbocycles. The molecule has 0 spiro atoms. The van der Waals surface area contributed by atoms with E-state index >= 15 is 0 Å². The Morgan fingerprint density at radius 1 is 1.30 bits per heavy atom. The van der Waals surface area contributed by atoms with E-state index in [9.17, 15) is 0 Å². The highest BCUT2D eigenvalue weighted by Gasteiger charge is 2.24. The molecule has 2 rings (SSSR count). The predicted octanol–water partition coefficient (Wildman–Crippen LogP) is 3.97. The third-order valence-corrected chi connectivity index (χ3v) is 5.68. The lowest BCUT2D eigenvalue weighted by atomic mass is 9.87. The van der Waals surface area contributed by atoms with Crippen LogP contribution in [0, 0.1) is 12.8 Å². The van der Waals surface area contributed by atoms with Crippen molar-refractivity contribution in [2.45, 2.75) is 65.5 Å². The van der Waals surface area contributed by atoms with E-state index < -0.39 is 0 Å². The minimum absolute atomic E-state index is 0.688. The van der Waals surface area contributed by atoms with Crippen LogP contribution in [-0.2, 0) is 6.54 Å². The van der Waals surface area contributed by atoms with E-state index in [1.54, 1.807) is 0 Å². The molecular weight excluding hydrogens is 266 g/mol. The van der Waals surface area contributed by atoms with Gasteiger partial charge in [-0.3, -0.25) is 0 Å². The molecule has 4 heteroatoms. The first-order valence-electron chi connectivity index (χ1n) is 8.01. The van der Waals surface area contributed by atoms with Crippen LogP contribution in [0.25, 0.3) is 0 Å². The van der Waals surface area contributed by atoms with Gasteiger partial charge in [-0.1, -0.05) is 13.8 Å². The Balaban J connectivity index is 1.96. The molecule has 20 heavy (non-hydrogen) atoms. The molecule has 1 fully saturated rings. The third kappa shape index (κ3) is 3.95. The number of thiazole rings is 1. The Kier molecular flexibility index (Phi) is 5.85. The lowest BCUT2D eigenvalue weighted by Gasteiger charge is -2.33. The maximum atomic E-state index is 4.79. The predicted molar refractivity (Wildman–Crippen MR) is 88.7 cm³/mol. The zero-order valence-corrected chi connectivity index (χ0v) is 14.2. The first-order valence-corrected chi connectivity index (χ1v) is 8.83. The van der Waals surface area contributed by atoms with E-state index in [2.05, 4.69) is 38.0 Å². The molecular formula is C16H29N3S. The van der Waals surface area contributed by atoms with E-state index in [0.29, 0.717) is 6.04 Å². The van der Waals surface area contributed by atoms with E-state index in [1.807, 2.05) is 11.3 Å². The highest BCUT2D eigenvalue weighted by Crippen LogP contribution is 2.32. The molecule has 0 unspecified atom stereocenters. The minimum Gasteiger partial charge on any atom is -0.348 e. The van der Waals surface area contributed by atoms with Crippen molar-refractivity contribution in [3.63, 3.8) is 0 Å². The van der Waals surface area contributed by atoms with Gasteiger partial charge in [0.25, 0.3) is 0 Å². The summed E-state index contributed by atoms with van der Waals surface area (Å²) in [4.78, 5) is 8.60. The summed E-state index contributed by atoms with van der Waals surface area (Å²) in [5.74, 6) is 0.909. The Morgan fingerprint density at radius 2 is 2.00 bits per heavy atom. The van der Waals surface area contributed by atoms with Gasteiger partial charge in [0.2, 0.25) is 0 Å². The normalized spacial score (nSPS) is 23.0. The highest BCUT2D eigenvalue weighted by molar-refractivity contribution is 7.15. The Bertz CT molecular complexity index is 408. The van der Waals surface area contributed by atoms with Gasteiger partial charge in [0.15, 0.2) is 5.13 Å². The molecule has 0 amide bonds. The highest BCUT2D eigenvalue weighted by atomic mass is 32.1. The van der Waals surface area contributed by atoms with Crippen LogP contribution >= 0.6 is 11.3 Å². The van der Waals surface area contributed by atoms with Gasteiger partial charge in [0, 0.05) is 24.5 Å². The molecule has 0 radical (unpaired) electrons. The van der Waals surface area contributed by atoms with Crippen molar-refractivity contribution in [1.82, 2.24) is 10.3 Å². The van der Waals surface area contributed by atoms with Crippen molar-refractivity contribution in [1.29, 1.82) is 0 Å². The number of anilines is 1. The zero-order valence-electron chi connectivity index (χ0n) is 13.4. The van der Waals surface area contributed by atoms with Crippen LogP contribution < -0.4 is 10.2 Å². The maximum absolute atomic E-state index is 4.79. The molecule has 1 aliphatic rings. The summed E-state index contributed by atoms with van der Waals surface area (Å²) in [5.41, 5.74) is 1.20. The Morgan fingerprint density at radius 3 is 2.65 bits per heavy atom. The number of rotatable bonds is 6. The van der Waals surface area contributed by atoms with Gasteiger partial charge in [0.1, 0.15) is 0 Å². The summed E-state index contributed by atoms with van der Waals surface area (Å²) < 4.78 is 0. The average molecular weight is 295 g/mol. The molecule has 114 valence electrons. The van der Waals surface area contributed by atoms with Gasteiger partial charge in [-0.25, -0.2) is 4.98 Å². The molecule has 1 saturated carbocycles. The number of nitrogens with zero attached hydrogens (tertiary/aromatic N) is 2. The second kappa shape index (κ2) is 7.41. The fourth-order valence-electron chi connectivity index (χ4n) is 2.89. The molecule has 1 aliphatic carbocycles. The summed E-state index contributed by atoms with van der Waals surface area (Å²) in [6.07, 6.45) is 6.55. The second-order valence-corrected chi connectivity index (χ2v) is 7.27. The van der Waals surface area contributed by atoms with Crippen LogP contribution in [0.2, 0.25) is 0 Å². The fourth-order valence-corrected chi connectivity index (χ4v) is 3.96. The molecule has 1 aromatic rings. The SMILES string of the molecule is CCCNCc1sc(N(C)C2CCC(C)CC2)nc1C. The summed E-state index contributed by atoms with van der Waals surface area (Å²) >= 11 is 1.86. The number of aryl methyl sites for hydroxylation is 1. The third-order valence-electron chi connectivity index (χ3n) is 4.43. The largest absolute Gasteiger partial charge is 0.348 e. The number of hydrogen-bond acceptors (Lipinski definition) is 4. The number of hydrogen-bond donors (Lipinski definition) is 1. The minimum atomic E-state index is 0.688. The van der Waals surface area contributed by atoms with Gasteiger partial charge in [-0.15, -0.1) is 11.3 Å². The van der Waals surface area contributed by atoms with Crippen LogP contribution in [0.1, 0.15) is 56.5 Å². The van der Waals surface area contributed by atoms with Crippen LogP contribution in [0.5, 0.6) is 0 Å². The number of aromatic nitrogens is 1. The van der Waals surface area contributed by atoms with Crippen molar-refractivity contribution in [2.75, 3.05) is 18.5 Å². The van der Waals surface area contributed by atoms with Gasteiger partial charge in [0.05, 0.1) is 5.69 Å². The van der Waals surface area contributed by atoms with Crippen molar-refractivity contribution in [3.05, 3.63) is 10.6 Å². The Hall–Kier alpha value is -0.610. The summed E-state index contributed by atoms with van der Waals surface area (Å²) in [6.45, 7) is 8.77. The van der Waals surface area contributed by atoms with Gasteiger partial charge in [-0.2, -0.15) is 0 Å². The molecule has 3 nitrogen and oxygen atoms in total. The van der Waals surface area contributed by atoms with Crippen molar-refractivity contribution in [2.24, 2.45) is 5.92 Å². The van der Waals surface area contributed by atoms with Crippen LogP contribution in [0.4, 0.5) is 5.13 Å². The number of nitrogens with one attached hydrogen (secondary N) is 1. The molecule has 1 N–H and O–H groups in total. The Labute approximate surface area is 127 Å². The molecule has 0 bridgehead atoms. The quantitative estimate of drug-likeness (QED) is 0.805. The van der Waals surface area contributed by atoms with E-state index in [4.69, 9.17) is 4.98 Å². The maximum Gasteiger partial charge on any atom is 0.185 e. The molecule has 1 aromatic heterocycles. The topological polar surface area (TPSA) is 28.2 Å². The average Bonchev–Trinajstić information content (AvgIpc) is 2.81. The summed E-state index contributed by atoms with van der Waals surface area (Å²) in [5, 5.41) is 4.69. The smallest absolute Gasteiger partial charge is 0.185 e. The van der Waals surface area contributed by atoms with Crippen LogP contribution in [0.3, 0.4) is 0 Å². The van der Waals surface area contributed by atoms with Crippen LogP contribution in [0.15, 0.2) is 0 Å². The van der Waals surface area contributed by atoms with Gasteiger partial charge >= 0.3 is 0 Å². The molecule has 0 saturated heterocycles. The van der Waals surface area contributed by atoms with E-state index in [0.717, 1.165) is 19.0 Å². The van der Waals surface area contributed by atoms with Crippen molar-refractivity contribution in [3.8, 4) is 0 Å². The van der Waals surface area contributed by atoms with E-state index in [1.165, 1.54) is 47.8 Å². The van der Waals surface area contributed by atoms with Gasteiger partial charge < -0.3 is 10.2 Å². The molecule has 1 heterocycles. The van der Waals surface area contributed by atoms with Crippen LogP contribution in [-0.4, -0.2) is 24.6 Å². The first kappa shape index (κ1) is 15.8. The first-order chi connectivity index (χ1) is 9.61. The fraction of sp³-hybridized carbons (Fsp3) is 0.812. The lowest BCUT2D eigenvalue weighted by Crippen LogP contribution is -2.34. The summed E-state index contributed by atoms with van der Waals surface area (Å²) in [6, 6.07) is 0.688. The summed E-state index contributed by atoms with van der Waals surface area (Å²) in [7, 11) is 2.22.